The van der Waals surface area contributed by atoms with E-state index in [0.717, 1.165) is 16.0 Å². The first-order valence-corrected chi connectivity index (χ1v) is 15.8. The number of piperidine rings is 1. The zero-order chi connectivity index (χ0) is 25.0. The van der Waals surface area contributed by atoms with Crippen molar-refractivity contribution in [1.29, 1.82) is 0 Å². The Morgan fingerprint density at radius 3 is 2.83 bits per heavy atom. The summed E-state index contributed by atoms with van der Waals surface area (Å²) in [5, 5.41) is 1.73. The number of esters is 1. The Bertz CT molecular complexity index is 1380. The topological polar surface area (TPSA) is 98.0 Å². The number of hydrogen-bond acceptors (Lipinski definition) is 8. The fourth-order valence-electron chi connectivity index (χ4n) is 3.98. The predicted molar refractivity (Wildman–Crippen MR) is 141 cm³/mol. The molecule has 1 amide bonds. The molecule has 1 fully saturated rings. The van der Waals surface area contributed by atoms with Gasteiger partial charge in [0.1, 0.15) is 4.21 Å². The van der Waals surface area contributed by atoms with Crippen molar-refractivity contribution in [2.45, 2.75) is 30.5 Å². The van der Waals surface area contributed by atoms with E-state index in [1.807, 2.05) is 16.9 Å². The van der Waals surface area contributed by atoms with E-state index in [2.05, 4.69) is 4.99 Å². The molecule has 1 atom stereocenters. The molecule has 2 aromatic heterocycles. The van der Waals surface area contributed by atoms with Crippen LogP contribution in [0, 0.1) is 5.92 Å². The normalized spacial score (nSPS) is 17.7. The average molecular weight is 554 g/mol. The number of thiazole rings is 1. The van der Waals surface area contributed by atoms with Gasteiger partial charge in [-0.3, -0.25) is 4.79 Å². The van der Waals surface area contributed by atoms with Crippen LogP contribution in [0.1, 0.15) is 30.1 Å². The van der Waals surface area contributed by atoms with Gasteiger partial charge >= 0.3 is 5.97 Å². The largest absolute Gasteiger partial charge is 0.462 e. The number of rotatable bonds is 8. The second-order valence-corrected chi connectivity index (χ2v) is 13.1. The zero-order valence-electron chi connectivity index (χ0n) is 19.5. The zero-order valence-corrected chi connectivity index (χ0v) is 22.8. The molecule has 0 bridgehead atoms. The second kappa shape index (κ2) is 11.4. The maximum Gasteiger partial charge on any atom is 0.338 e. The molecule has 0 spiro atoms. The summed E-state index contributed by atoms with van der Waals surface area (Å²) in [4.78, 5) is 30.4. The van der Waals surface area contributed by atoms with Crippen molar-refractivity contribution in [3.63, 3.8) is 0 Å². The number of thiophene rings is 1. The number of hydrogen-bond donors (Lipinski definition) is 0. The fraction of sp³-hybridized carbons (Fsp3) is 0.435. The van der Waals surface area contributed by atoms with E-state index >= 15 is 0 Å². The SMILES string of the molecule is CCOC(=O)c1ccc2c(c1)sc(=NC(=O)C1CCCN(S(=O)(=O)c3cccs3)C1)n2CCSC. The first-order chi connectivity index (χ1) is 16.8. The van der Waals surface area contributed by atoms with Gasteiger partial charge in [-0.2, -0.15) is 21.1 Å². The van der Waals surface area contributed by atoms with Gasteiger partial charge in [-0.05, 0) is 55.7 Å². The molecule has 1 aliphatic heterocycles. The highest BCUT2D eigenvalue weighted by Crippen LogP contribution is 2.27. The third-order valence-corrected chi connectivity index (χ3v) is 10.6. The Kier molecular flexibility index (Phi) is 8.48. The number of aromatic nitrogens is 1. The molecule has 3 heterocycles. The molecule has 1 saturated heterocycles. The summed E-state index contributed by atoms with van der Waals surface area (Å²) >= 11 is 4.22. The minimum Gasteiger partial charge on any atom is -0.462 e. The Labute approximate surface area is 216 Å². The second-order valence-electron chi connectivity index (χ2n) is 8.02. The highest BCUT2D eigenvalue weighted by Gasteiger charge is 2.33. The van der Waals surface area contributed by atoms with E-state index in [-0.39, 0.29) is 18.4 Å². The van der Waals surface area contributed by atoms with Gasteiger partial charge in [0.15, 0.2) is 4.80 Å². The molecular formula is C23H27N3O5S4. The molecule has 1 aliphatic rings. The van der Waals surface area contributed by atoms with Gasteiger partial charge in [-0.25, -0.2) is 13.2 Å². The van der Waals surface area contributed by atoms with Gasteiger partial charge in [0, 0.05) is 25.4 Å². The summed E-state index contributed by atoms with van der Waals surface area (Å²) in [6.07, 6.45) is 3.22. The van der Waals surface area contributed by atoms with Crippen LogP contribution in [-0.2, 0) is 26.1 Å². The first kappa shape index (κ1) is 26.1. The van der Waals surface area contributed by atoms with Crippen LogP contribution in [0.15, 0.2) is 44.9 Å². The fourth-order valence-corrected chi connectivity index (χ4v) is 8.12. The smallest absolute Gasteiger partial charge is 0.338 e. The Hall–Kier alpha value is -1.99. The molecule has 3 aromatic rings. The number of carbonyl (C=O) groups is 2. The maximum atomic E-state index is 13.2. The standard InChI is InChI=1S/C23H27N3O5S4/c1-3-31-22(28)16-8-9-18-19(14-16)34-23(26(18)11-13-32-2)24-21(27)17-6-4-10-25(15-17)35(29,30)20-7-5-12-33-20/h5,7-9,12,14,17H,3-4,6,10-11,13,15H2,1-2H3. The molecule has 1 aromatic carbocycles. The van der Waals surface area contributed by atoms with Crippen molar-refractivity contribution in [2.24, 2.45) is 10.9 Å². The highest BCUT2D eigenvalue weighted by molar-refractivity contribution is 7.98. The first-order valence-electron chi connectivity index (χ1n) is 11.3. The third kappa shape index (κ3) is 5.72. The molecule has 8 nitrogen and oxygen atoms in total. The predicted octanol–water partition coefficient (Wildman–Crippen LogP) is 3.83. The van der Waals surface area contributed by atoms with Gasteiger partial charge < -0.3 is 9.30 Å². The molecule has 4 rings (SSSR count). The molecule has 0 saturated carbocycles. The third-order valence-electron chi connectivity index (χ3n) is 5.74. The van der Waals surface area contributed by atoms with Crippen LogP contribution < -0.4 is 4.80 Å². The van der Waals surface area contributed by atoms with Crippen molar-refractivity contribution in [2.75, 3.05) is 31.7 Å². The number of carbonyl (C=O) groups excluding carboxylic acids is 2. The van der Waals surface area contributed by atoms with E-state index < -0.39 is 15.9 Å². The van der Waals surface area contributed by atoms with E-state index in [1.165, 1.54) is 27.0 Å². The lowest BCUT2D eigenvalue weighted by Crippen LogP contribution is -2.42. The summed E-state index contributed by atoms with van der Waals surface area (Å²) in [6, 6.07) is 8.65. The number of nitrogens with zero attached hydrogens (tertiary/aromatic N) is 3. The van der Waals surface area contributed by atoms with Crippen LogP contribution in [0.4, 0.5) is 0 Å². The molecule has 188 valence electrons. The maximum absolute atomic E-state index is 13.2. The van der Waals surface area contributed by atoms with Gasteiger partial charge in [0.05, 0.1) is 28.3 Å². The number of benzene rings is 1. The summed E-state index contributed by atoms with van der Waals surface area (Å²) in [5.41, 5.74) is 1.35. The molecular weight excluding hydrogens is 527 g/mol. The van der Waals surface area contributed by atoms with E-state index in [1.54, 1.807) is 48.3 Å². The monoisotopic (exact) mass is 553 g/mol. The average Bonchev–Trinajstić information content (AvgIpc) is 3.51. The number of fused-ring (bicyclic) bond motifs is 1. The van der Waals surface area contributed by atoms with Crippen LogP contribution in [-0.4, -0.2) is 60.9 Å². The van der Waals surface area contributed by atoms with E-state index in [0.29, 0.717) is 47.1 Å². The van der Waals surface area contributed by atoms with Crippen molar-refractivity contribution in [3.05, 3.63) is 46.1 Å². The summed E-state index contributed by atoms with van der Waals surface area (Å²) < 4.78 is 35.5. The van der Waals surface area contributed by atoms with Gasteiger partial charge in [0.2, 0.25) is 0 Å². The van der Waals surface area contributed by atoms with Crippen molar-refractivity contribution < 1.29 is 22.7 Å². The number of amides is 1. The molecule has 35 heavy (non-hydrogen) atoms. The molecule has 0 aliphatic carbocycles. The Balaban J connectivity index is 1.64. The summed E-state index contributed by atoms with van der Waals surface area (Å²) in [5.74, 6) is -0.357. The van der Waals surface area contributed by atoms with Crippen LogP contribution in [0.25, 0.3) is 10.2 Å². The van der Waals surface area contributed by atoms with Crippen LogP contribution in [0.2, 0.25) is 0 Å². The molecule has 1 unspecified atom stereocenters. The molecule has 0 N–H and O–H groups in total. The number of sulfonamides is 1. The lowest BCUT2D eigenvalue weighted by Gasteiger charge is -2.29. The lowest BCUT2D eigenvalue weighted by atomic mass is 9.99. The summed E-state index contributed by atoms with van der Waals surface area (Å²) in [6.45, 7) is 3.25. The molecule has 0 radical (unpaired) electrons. The minimum absolute atomic E-state index is 0.130. The minimum atomic E-state index is -3.61. The van der Waals surface area contributed by atoms with Crippen molar-refractivity contribution >= 4 is 66.6 Å². The Morgan fingerprint density at radius 2 is 2.11 bits per heavy atom. The van der Waals surface area contributed by atoms with Gasteiger partial charge in [-0.1, -0.05) is 17.4 Å². The number of aryl methyl sites for hydroxylation is 1. The number of thioether (sulfide) groups is 1. The summed E-state index contributed by atoms with van der Waals surface area (Å²) in [7, 11) is -3.61. The van der Waals surface area contributed by atoms with Crippen molar-refractivity contribution in [3.8, 4) is 0 Å². The van der Waals surface area contributed by atoms with Gasteiger partial charge in [0.25, 0.3) is 15.9 Å². The van der Waals surface area contributed by atoms with Gasteiger partial charge in [-0.15, -0.1) is 11.3 Å². The highest BCUT2D eigenvalue weighted by atomic mass is 32.2. The van der Waals surface area contributed by atoms with Crippen molar-refractivity contribution in [1.82, 2.24) is 8.87 Å². The van der Waals surface area contributed by atoms with Crippen LogP contribution in [0.3, 0.4) is 0 Å². The lowest BCUT2D eigenvalue weighted by molar-refractivity contribution is -0.122. The van der Waals surface area contributed by atoms with Crippen LogP contribution >= 0.6 is 34.4 Å². The molecule has 12 heteroatoms. The Morgan fingerprint density at radius 1 is 1.29 bits per heavy atom. The van der Waals surface area contributed by atoms with E-state index in [9.17, 15) is 18.0 Å². The quantitative estimate of drug-likeness (QED) is 0.393. The van der Waals surface area contributed by atoms with E-state index in [4.69, 9.17) is 4.74 Å². The number of ether oxygens (including phenoxy) is 1. The van der Waals surface area contributed by atoms with Crippen LogP contribution in [0.5, 0.6) is 0 Å².